The van der Waals surface area contributed by atoms with Gasteiger partial charge >= 0.3 is 0 Å². The highest BCUT2D eigenvalue weighted by molar-refractivity contribution is 5.94. The van der Waals surface area contributed by atoms with Crippen LogP contribution in [0.5, 0.6) is 0 Å². The fourth-order valence-electron chi connectivity index (χ4n) is 3.36. The van der Waals surface area contributed by atoms with Crippen LogP contribution in [0.25, 0.3) is 11.3 Å². The van der Waals surface area contributed by atoms with Gasteiger partial charge in [0, 0.05) is 43.4 Å². The number of benzene rings is 2. The molecule has 1 aromatic heterocycles. The van der Waals surface area contributed by atoms with Crippen LogP contribution in [0, 0.1) is 0 Å². The van der Waals surface area contributed by atoms with Gasteiger partial charge < -0.3 is 9.80 Å². The van der Waals surface area contributed by atoms with Crippen molar-refractivity contribution in [3.63, 3.8) is 0 Å². The van der Waals surface area contributed by atoms with E-state index >= 15 is 0 Å². The molecule has 1 saturated heterocycles. The number of aromatic nitrogens is 2. The second kappa shape index (κ2) is 7.45. The first kappa shape index (κ1) is 17.0. The summed E-state index contributed by atoms with van der Waals surface area (Å²) < 4.78 is 0. The molecule has 0 unspecified atom stereocenters. The Morgan fingerprint density at radius 2 is 1.52 bits per heavy atom. The third kappa shape index (κ3) is 3.60. The molecule has 1 N–H and O–H groups in total. The quantitative estimate of drug-likeness (QED) is 0.779. The highest BCUT2D eigenvalue weighted by Crippen LogP contribution is 2.27. The molecular formula is C21H20N4O2. The first-order valence-electron chi connectivity index (χ1n) is 8.97. The van der Waals surface area contributed by atoms with Crippen molar-refractivity contribution in [1.29, 1.82) is 0 Å². The smallest absolute Gasteiger partial charge is 0.266 e. The molecule has 0 bridgehead atoms. The molecule has 6 heteroatoms. The van der Waals surface area contributed by atoms with Gasteiger partial charge in [-0.3, -0.25) is 9.59 Å². The summed E-state index contributed by atoms with van der Waals surface area (Å²) >= 11 is 0. The lowest BCUT2D eigenvalue weighted by Crippen LogP contribution is -2.49. The van der Waals surface area contributed by atoms with Crippen LogP contribution >= 0.6 is 0 Å². The molecule has 27 heavy (non-hydrogen) atoms. The van der Waals surface area contributed by atoms with E-state index in [2.05, 4.69) is 15.1 Å². The third-order valence-corrected chi connectivity index (χ3v) is 4.76. The zero-order valence-corrected chi connectivity index (χ0v) is 14.8. The van der Waals surface area contributed by atoms with Crippen LogP contribution in [0.2, 0.25) is 0 Å². The number of aromatic amines is 1. The molecule has 2 aromatic carbocycles. The molecule has 1 aliphatic heterocycles. The second-order valence-electron chi connectivity index (χ2n) is 6.48. The van der Waals surface area contributed by atoms with Crippen molar-refractivity contribution >= 4 is 11.6 Å². The molecule has 0 aliphatic carbocycles. The summed E-state index contributed by atoms with van der Waals surface area (Å²) in [5, 5.41) is 6.80. The highest BCUT2D eigenvalue weighted by Gasteiger charge is 2.24. The third-order valence-electron chi connectivity index (χ3n) is 4.76. The Bertz CT molecular complexity index is 978. The predicted octanol–water partition coefficient (Wildman–Crippen LogP) is 2.40. The minimum atomic E-state index is -0.229. The molecule has 3 aromatic rings. The molecule has 1 fully saturated rings. The van der Waals surface area contributed by atoms with Gasteiger partial charge in [0.25, 0.3) is 11.5 Å². The van der Waals surface area contributed by atoms with Gasteiger partial charge in [-0.1, -0.05) is 48.5 Å². The summed E-state index contributed by atoms with van der Waals surface area (Å²) in [5.74, 6) is 0.0440. The lowest BCUT2D eigenvalue weighted by molar-refractivity contribution is 0.0747. The number of nitrogens with one attached hydrogen (secondary N) is 1. The maximum absolute atomic E-state index is 12.6. The number of H-pyrrole nitrogens is 1. The van der Waals surface area contributed by atoms with Crippen molar-refractivity contribution in [2.75, 3.05) is 31.1 Å². The molecular weight excluding hydrogens is 340 g/mol. The number of amides is 1. The molecule has 0 spiro atoms. The summed E-state index contributed by atoms with van der Waals surface area (Å²) in [4.78, 5) is 28.5. The Hall–Kier alpha value is -3.41. The van der Waals surface area contributed by atoms with E-state index in [1.54, 1.807) is 6.07 Å². The molecule has 1 aliphatic rings. The number of carbonyl (C=O) groups excluding carboxylic acids is 1. The fraction of sp³-hybridized carbons (Fsp3) is 0.190. The number of nitrogens with zero attached hydrogens (tertiary/aromatic N) is 3. The van der Waals surface area contributed by atoms with Crippen molar-refractivity contribution in [1.82, 2.24) is 15.1 Å². The molecule has 6 nitrogen and oxygen atoms in total. The predicted molar refractivity (Wildman–Crippen MR) is 105 cm³/mol. The molecule has 0 atom stereocenters. The van der Waals surface area contributed by atoms with Crippen LogP contribution in [0.4, 0.5) is 5.69 Å². The molecule has 4 rings (SSSR count). The molecule has 0 saturated carbocycles. The van der Waals surface area contributed by atoms with E-state index in [9.17, 15) is 9.59 Å². The Labute approximate surface area is 157 Å². The van der Waals surface area contributed by atoms with Crippen LogP contribution in [0.1, 0.15) is 10.4 Å². The van der Waals surface area contributed by atoms with Crippen molar-refractivity contribution < 1.29 is 4.79 Å². The lowest BCUT2D eigenvalue weighted by atomic mass is 10.1. The molecule has 0 radical (unpaired) electrons. The fourth-order valence-corrected chi connectivity index (χ4v) is 3.36. The first-order valence-corrected chi connectivity index (χ1v) is 8.97. The Morgan fingerprint density at radius 3 is 2.19 bits per heavy atom. The Kier molecular flexibility index (Phi) is 4.70. The number of rotatable bonds is 3. The van der Waals surface area contributed by atoms with Gasteiger partial charge in [-0.05, 0) is 12.1 Å². The largest absolute Gasteiger partial charge is 0.366 e. The minimum Gasteiger partial charge on any atom is -0.366 e. The maximum Gasteiger partial charge on any atom is 0.266 e. The van der Waals surface area contributed by atoms with Gasteiger partial charge in [0.15, 0.2) is 0 Å². The van der Waals surface area contributed by atoms with Crippen LogP contribution in [0.15, 0.2) is 71.5 Å². The van der Waals surface area contributed by atoms with Crippen molar-refractivity contribution in [2.45, 2.75) is 0 Å². The number of carbonyl (C=O) groups is 1. The zero-order valence-electron chi connectivity index (χ0n) is 14.8. The van der Waals surface area contributed by atoms with Crippen molar-refractivity contribution in [3.05, 3.63) is 82.6 Å². The minimum absolute atomic E-state index is 0.0440. The topological polar surface area (TPSA) is 69.3 Å². The first-order chi connectivity index (χ1) is 13.2. The lowest BCUT2D eigenvalue weighted by Gasteiger charge is -2.36. The van der Waals surface area contributed by atoms with Gasteiger partial charge in [0.05, 0.1) is 5.69 Å². The molecule has 1 amide bonds. The van der Waals surface area contributed by atoms with E-state index in [1.807, 2.05) is 65.6 Å². The number of hydrogen-bond acceptors (Lipinski definition) is 4. The number of hydrogen-bond donors (Lipinski definition) is 1. The average molecular weight is 360 g/mol. The molecule has 2 heterocycles. The molecule has 136 valence electrons. The van der Waals surface area contributed by atoms with E-state index in [4.69, 9.17) is 0 Å². The van der Waals surface area contributed by atoms with Gasteiger partial charge in [-0.15, -0.1) is 0 Å². The summed E-state index contributed by atoms with van der Waals surface area (Å²) in [6.45, 7) is 2.52. The average Bonchev–Trinajstić information content (AvgIpc) is 2.74. The van der Waals surface area contributed by atoms with Crippen LogP contribution in [0.3, 0.4) is 0 Å². The summed E-state index contributed by atoms with van der Waals surface area (Å²) in [7, 11) is 0. The Balaban J connectivity index is 1.54. The van der Waals surface area contributed by atoms with E-state index in [1.165, 1.54) is 0 Å². The van der Waals surface area contributed by atoms with Crippen LogP contribution in [-0.4, -0.2) is 47.2 Å². The number of piperazine rings is 1. The van der Waals surface area contributed by atoms with E-state index < -0.39 is 0 Å². The van der Waals surface area contributed by atoms with Gasteiger partial charge in [0.2, 0.25) is 0 Å². The van der Waals surface area contributed by atoms with E-state index in [0.717, 1.165) is 16.9 Å². The highest BCUT2D eigenvalue weighted by atomic mass is 16.2. The van der Waals surface area contributed by atoms with Crippen molar-refractivity contribution in [2.24, 2.45) is 0 Å². The maximum atomic E-state index is 12.6. The monoisotopic (exact) mass is 360 g/mol. The van der Waals surface area contributed by atoms with E-state index in [0.29, 0.717) is 31.7 Å². The number of anilines is 1. The van der Waals surface area contributed by atoms with Gasteiger partial charge in [-0.25, -0.2) is 5.10 Å². The van der Waals surface area contributed by atoms with Crippen LogP contribution < -0.4 is 10.5 Å². The zero-order chi connectivity index (χ0) is 18.6. The summed E-state index contributed by atoms with van der Waals surface area (Å²) in [6.07, 6.45) is 0. The second-order valence-corrected chi connectivity index (χ2v) is 6.48. The SMILES string of the molecule is O=C(c1ccccc1)N1CCN(c2cc(=O)[nH]nc2-c2ccccc2)CC1. The van der Waals surface area contributed by atoms with E-state index in [-0.39, 0.29) is 11.5 Å². The van der Waals surface area contributed by atoms with Gasteiger partial charge in [-0.2, -0.15) is 5.10 Å². The normalized spacial score (nSPS) is 14.2. The summed E-state index contributed by atoms with van der Waals surface area (Å²) in [5.41, 5.74) is 2.97. The standard InChI is InChI=1S/C21H20N4O2/c26-19-15-18(20(23-22-19)16-7-3-1-4-8-16)24-11-13-25(14-12-24)21(27)17-9-5-2-6-10-17/h1-10,15H,11-14H2,(H,22,26). The summed E-state index contributed by atoms with van der Waals surface area (Å²) in [6, 6.07) is 20.7. The van der Waals surface area contributed by atoms with Crippen molar-refractivity contribution in [3.8, 4) is 11.3 Å². The Morgan fingerprint density at radius 1 is 0.889 bits per heavy atom. The van der Waals surface area contributed by atoms with Crippen LogP contribution in [-0.2, 0) is 0 Å². The van der Waals surface area contributed by atoms with Gasteiger partial charge in [0.1, 0.15) is 5.69 Å².